The van der Waals surface area contributed by atoms with Crippen molar-refractivity contribution in [3.8, 4) is 5.75 Å². The average molecular weight is 426 g/mol. The van der Waals surface area contributed by atoms with E-state index in [4.69, 9.17) is 13.9 Å². The fourth-order valence-electron chi connectivity index (χ4n) is 3.35. The standard InChI is InChI=1S/C21H18N2O6S/c1-12-17(20(26)27-2)18(23-16(24)9-11-30-21(23)22-12)13-5-7-14(8-6-13)29-19(25)15-4-3-10-28-15/h3-8,10,18H,9,11H2,1-2H3/t18-/m0/s1. The highest BCUT2D eigenvalue weighted by Crippen LogP contribution is 2.40. The van der Waals surface area contributed by atoms with E-state index in [0.29, 0.717) is 39.9 Å². The number of aliphatic imine (C=N–C) groups is 1. The molecule has 4 rings (SSSR count). The van der Waals surface area contributed by atoms with Gasteiger partial charge in [-0.2, -0.15) is 0 Å². The van der Waals surface area contributed by atoms with Crippen molar-refractivity contribution >= 4 is 34.8 Å². The zero-order chi connectivity index (χ0) is 21.3. The van der Waals surface area contributed by atoms with Gasteiger partial charge < -0.3 is 13.9 Å². The monoisotopic (exact) mass is 426 g/mol. The highest BCUT2D eigenvalue weighted by molar-refractivity contribution is 8.14. The number of hydrogen-bond acceptors (Lipinski definition) is 8. The van der Waals surface area contributed by atoms with Crippen molar-refractivity contribution in [1.82, 2.24) is 4.90 Å². The Hall–Kier alpha value is -3.33. The van der Waals surface area contributed by atoms with Gasteiger partial charge in [0.25, 0.3) is 0 Å². The van der Waals surface area contributed by atoms with Gasteiger partial charge in [-0.05, 0) is 36.8 Å². The van der Waals surface area contributed by atoms with Crippen LogP contribution in [0.3, 0.4) is 0 Å². The summed E-state index contributed by atoms with van der Waals surface area (Å²) in [6.07, 6.45) is 1.74. The van der Waals surface area contributed by atoms with Crippen LogP contribution in [0.15, 0.2) is 63.3 Å². The van der Waals surface area contributed by atoms with E-state index < -0.39 is 18.0 Å². The summed E-state index contributed by atoms with van der Waals surface area (Å²) in [5.41, 5.74) is 1.49. The highest BCUT2D eigenvalue weighted by Gasteiger charge is 2.41. The minimum Gasteiger partial charge on any atom is -0.466 e. The van der Waals surface area contributed by atoms with Crippen LogP contribution in [0, 0.1) is 0 Å². The van der Waals surface area contributed by atoms with Gasteiger partial charge in [-0.15, -0.1) is 0 Å². The molecule has 1 saturated heterocycles. The zero-order valence-corrected chi connectivity index (χ0v) is 17.1. The fourth-order valence-corrected chi connectivity index (χ4v) is 4.36. The van der Waals surface area contributed by atoms with E-state index in [9.17, 15) is 14.4 Å². The normalized spacial score (nSPS) is 18.6. The maximum Gasteiger partial charge on any atom is 0.379 e. The van der Waals surface area contributed by atoms with E-state index in [1.54, 1.807) is 37.3 Å². The number of thioether (sulfide) groups is 1. The number of carbonyl (C=O) groups excluding carboxylic acids is 3. The summed E-state index contributed by atoms with van der Waals surface area (Å²) in [6.45, 7) is 1.72. The van der Waals surface area contributed by atoms with Crippen LogP contribution >= 0.6 is 11.8 Å². The summed E-state index contributed by atoms with van der Waals surface area (Å²) in [7, 11) is 1.29. The molecule has 0 saturated carbocycles. The molecule has 2 aromatic rings. The Labute approximate surface area is 176 Å². The first kappa shape index (κ1) is 20.0. The van der Waals surface area contributed by atoms with Crippen LogP contribution in [0.2, 0.25) is 0 Å². The first-order valence-electron chi connectivity index (χ1n) is 9.18. The molecule has 0 aliphatic carbocycles. The van der Waals surface area contributed by atoms with Crippen molar-refractivity contribution in [3.05, 3.63) is 65.3 Å². The molecule has 9 heteroatoms. The number of benzene rings is 1. The van der Waals surface area contributed by atoms with Gasteiger partial charge in [0.05, 0.1) is 30.7 Å². The van der Waals surface area contributed by atoms with Crippen LogP contribution < -0.4 is 4.74 Å². The Morgan fingerprint density at radius 2 is 1.97 bits per heavy atom. The minimum atomic E-state index is -0.667. The number of amides is 1. The third-order valence-corrected chi connectivity index (χ3v) is 5.70. The van der Waals surface area contributed by atoms with Gasteiger partial charge in [-0.3, -0.25) is 9.69 Å². The third-order valence-electron chi connectivity index (χ3n) is 4.74. The number of amidine groups is 1. The SMILES string of the molecule is COC(=O)C1=C(C)N=C2SCCC(=O)N2[C@H]1c1ccc(OC(=O)c2ccco2)cc1. The summed E-state index contributed by atoms with van der Waals surface area (Å²) in [5, 5.41) is 0.565. The molecule has 1 aromatic heterocycles. The first-order chi connectivity index (χ1) is 14.5. The molecule has 0 bridgehead atoms. The Bertz CT molecular complexity index is 1060. The molecule has 1 fully saturated rings. The molecule has 0 unspecified atom stereocenters. The van der Waals surface area contributed by atoms with E-state index in [2.05, 4.69) is 4.99 Å². The second-order valence-corrected chi connectivity index (χ2v) is 7.65. The van der Waals surface area contributed by atoms with Crippen molar-refractivity contribution in [2.24, 2.45) is 4.99 Å². The number of carbonyl (C=O) groups is 3. The molecular weight excluding hydrogens is 408 g/mol. The maximum atomic E-state index is 12.7. The second kappa shape index (κ2) is 8.19. The van der Waals surface area contributed by atoms with E-state index in [1.165, 1.54) is 36.1 Å². The van der Waals surface area contributed by atoms with E-state index in [1.807, 2.05) is 0 Å². The summed E-state index contributed by atoms with van der Waals surface area (Å²) in [5.74, 6) is -0.229. The van der Waals surface area contributed by atoms with Crippen molar-refractivity contribution in [1.29, 1.82) is 0 Å². The molecule has 8 nitrogen and oxygen atoms in total. The van der Waals surface area contributed by atoms with Gasteiger partial charge in [0.2, 0.25) is 11.7 Å². The summed E-state index contributed by atoms with van der Waals surface area (Å²) >= 11 is 1.47. The second-order valence-electron chi connectivity index (χ2n) is 6.59. The van der Waals surface area contributed by atoms with Crippen molar-refractivity contribution in [2.75, 3.05) is 12.9 Å². The molecular formula is C21H18N2O6S. The molecule has 0 N–H and O–H groups in total. The molecule has 154 valence electrons. The highest BCUT2D eigenvalue weighted by atomic mass is 32.2. The lowest BCUT2D eigenvalue weighted by molar-refractivity contribution is -0.137. The molecule has 0 radical (unpaired) electrons. The van der Waals surface area contributed by atoms with E-state index in [0.717, 1.165) is 0 Å². The van der Waals surface area contributed by atoms with Gasteiger partial charge in [0, 0.05) is 12.2 Å². The van der Waals surface area contributed by atoms with Crippen LogP contribution in [-0.2, 0) is 14.3 Å². The lowest BCUT2D eigenvalue weighted by atomic mass is 9.94. The van der Waals surface area contributed by atoms with E-state index >= 15 is 0 Å². The number of hydrogen-bond donors (Lipinski definition) is 0. The topological polar surface area (TPSA) is 98.4 Å². The van der Waals surface area contributed by atoms with E-state index in [-0.39, 0.29) is 11.7 Å². The Balaban J connectivity index is 1.67. The molecule has 1 amide bonds. The number of allylic oxidation sites excluding steroid dienone is 1. The number of fused-ring (bicyclic) bond motifs is 1. The van der Waals surface area contributed by atoms with Crippen LogP contribution in [-0.4, -0.2) is 40.8 Å². The van der Waals surface area contributed by atoms with Crippen LogP contribution in [0.4, 0.5) is 0 Å². The number of rotatable bonds is 4. The van der Waals surface area contributed by atoms with Crippen molar-refractivity contribution < 1.29 is 28.3 Å². The third kappa shape index (κ3) is 3.63. The maximum absolute atomic E-state index is 12.7. The van der Waals surface area contributed by atoms with Crippen LogP contribution in [0.5, 0.6) is 5.75 Å². The quantitative estimate of drug-likeness (QED) is 0.546. The Morgan fingerprint density at radius 3 is 2.63 bits per heavy atom. The molecule has 30 heavy (non-hydrogen) atoms. The summed E-state index contributed by atoms with van der Waals surface area (Å²) in [6, 6.07) is 9.07. The molecule has 0 spiro atoms. The summed E-state index contributed by atoms with van der Waals surface area (Å²) in [4.78, 5) is 43.3. The number of esters is 2. The number of ether oxygens (including phenoxy) is 2. The minimum absolute atomic E-state index is 0.0923. The largest absolute Gasteiger partial charge is 0.466 e. The number of nitrogens with zero attached hydrogens (tertiary/aromatic N) is 2. The van der Waals surface area contributed by atoms with Gasteiger partial charge in [-0.1, -0.05) is 23.9 Å². The number of furan rings is 1. The summed E-state index contributed by atoms with van der Waals surface area (Å²) < 4.78 is 15.3. The predicted octanol–water partition coefficient (Wildman–Crippen LogP) is 3.32. The van der Waals surface area contributed by atoms with Crippen LogP contribution in [0.1, 0.15) is 35.5 Å². The van der Waals surface area contributed by atoms with Gasteiger partial charge >= 0.3 is 11.9 Å². The van der Waals surface area contributed by atoms with Gasteiger partial charge in [0.15, 0.2) is 5.17 Å². The van der Waals surface area contributed by atoms with Crippen molar-refractivity contribution in [3.63, 3.8) is 0 Å². The van der Waals surface area contributed by atoms with Crippen molar-refractivity contribution in [2.45, 2.75) is 19.4 Å². The first-order valence-corrected chi connectivity index (χ1v) is 10.2. The van der Waals surface area contributed by atoms with Gasteiger partial charge in [0.1, 0.15) is 5.75 Å². The van der Waals surface area contributed by atoms with Gasteiger partial charge in [-0.25, -0.2) is 14.6 Å². The molecule has 2 aliphatic heterocycles. The van der Waals surface area contributed by atoms with Crippen LogP contribution in [0.25, 0.3) is 0 Å². The lowest BCUT2D eigenvalue weighted by Crippen LogP contribution is -2.45. The fraction of sp³-hybridized carbons (Fsp3) is 0.238. The average Bonchev–Trinajstić information content (AvgIpc) is 3.28. The lowest BCUT2D eigenvalue weighted by Gasteiger charge is -2.38. The molecule has 3 heterocycles. The Morgan fingerprint density at radius 1 is 1.20 bits per heavy atom. The number of methoxy groups -OCH3 is 1. The molecule has 1 aromatic carbocycles. The Kier molecular flexibility index (Phi) is 5.45. The molecule has 2 aliphatic rings. The zero-order valence-electron chi connectivity index (χ0n) is 16.3. The smallest absolute Gasteiger partial charge is 0.379 e. The molecule has 1 atom stereocenters. The predicted molar refractivity (Wildman–Crippen MR) is 109 cm³/mol.